The molecule has 0 radical (unpaired) electrons. The number of para-hydroxylation sites is 1. The van der Waals surface area contributed by atoms with Gasteiger partial charge >= 0.3 is 6.18 Å². The zero-order valence-corrected chi connectivity index (χ0v) is 13.6. The molecule has 0 fully saturated rings. The summed E-state index contributed by atoms with van der Waals surface area (Å²) in [5.41, 5.74) is 0.583. The summed E-state index contributed by atoms with van der Waals surface area (Å²) in [5, 5.41) is 2.71. The van der Waals surface area contributed by atoms with E-state index < -0.39 is 17.8 Å². The number of aromatic nitrogens is 1. The van der Waals surface area contributed by atoms with Crippen LogP contribution < -0.4 is 10.1 Å². The third-order valence-electron chi connectivity index (χ3n) is 3.66. The zero-order chi connectivity index (χ0) is 17.9. The van der Waals surface area contributed by atoms with Crippen molar-refractivity contribution in [3.05, 3.63) is 53.3 Å². The Morgan fingerprint density at radius 2 is 1.92 bits per heavy atom. The number of ether oxygens (including phenoxy) is 1. The number of nitrogens with one attached hydrogen (secondary N) is 1. The summed E-state index contributed by atoms with van der Waals surface area (Å²) in [6, 6.07) is 8.06. The van der Waals surface area contributed by atoms with Gasteiger partial charge in [0.15, 0.2) is 0 Å². The van der Waals surface area contributed by atoms with Gasteiger partial charge in [-0.1, -0.05) is 12.1 Å². The molecule has 1 N–H and O–H groups in total. The Bertz CT molecular complexity index is 723. The number of nitrogens with zero attached hydrogens (tertiary/aromatic N) is 1. The lowest BCUT2D eigenvalue weighted by atomic mass is 10.2. The van der Waals surface area contributed by atoms with E-state index in [0.717, 1.165) is 11.8 Å². The predicted octanol–water partition coefficient (Wildman–Crippen LogP) is 3.55. The highest BCUT2D eigenvalue weighted by Gasteiger charge is 2.34. The molecule has 130 valence electrons. The van der Waals surface area contributed by atoms with Gasteiger partial charge in [0.05, 0.1) is 11.6 Å². The molecule has 1 amide bonds. The minimum absolute atomic E-state index is 0.0672. The molecular weight excluding hydrogens is 321 g/mol. The number of hydrogen-bond acceptors (Lipinski definition) is 2. The summed E-state index contributed by atoms with van der Waals surface area (Å²) in [7, 11) is 1.77. The maximum absolute atomic E-state index is 12.9. The first kappa shape index (κ1) is 17.9. The Balaban J connectivity index is 1.98. The predicted molar refractivity (Wildman–Crippen MR) is 84.0 cm³/mol. The molecule has 24 heavy (non-hydrogen) atoms. The molecule has 1 heterocycles. The van der Waals surface area contributed by atoms with Gasteiger partial charge < -0.3 is 14.6 Å². The van der Waals surface area contributed by atoms with E-state index in [4.69, 9.17) is 4.74 Å². The van der Waals surface area contributed by atoms with Crippen molar-refractivity contribution in [2.45, 2.75) is 26.1 Å². The Labute approximate surface area is 138 Å². The Hall–Kier alpha value is -2.44. The van der Waals surface area contributed by atoms with Crippen molar-refractivity contribution >= 4 is 5.91 Å². The van der Waals surface area contributed by atoms with Crippen molar-refractivity contribution in [2.24, 2.45) is 7.05 Å². The quantitative estimate of drug-likeness (QED) is 0.905. The number of aryl methyl sites for hydroxylation is 1. The minimum atomic E-state index is -4.48. The van der Waals surface area contributed by atoms with Crippen LogP contribution in [-0.2, 0) is 13.2 Å². The summed E-state index contributed by atoms with van der Waals surface area (Å²) in [6.45, 7) is 3.48. The summed E-state index contributed by atoms with van der Waals surface area (Å²) < 4.78 is 45.7. The third-order valence-corrected chi connectivity index (χ3v) is 3.66. The molecule has 1 atom stereocenters. The average Bonchev–Trinajstić information content (AvgIpc) is 2.84. The Morgan fingerprint density at radius 3 is 2.50 bits per heavy atom. The average molecular weight is 340 g/mol. The lowest BCUT2D eigenvalue weighted by Gasteiger charge is -2.18. The van der Waals surface area contributed by atoms with E-state index in [9.17, 15) is 18.0 Å². The van der Waals surface area contributed by atoms with E-state index in [1.807, 2.05) is 13.0 Å². The molecule has 7 heteroatoms. The van der Waals surface area contributed by atoms with Crippen LogP contribution in [0.5, 0.6) is 5.75 Å². The largest absolute Gasteiger partial charge is 0.491 e. The normalized spacial score (nSPS) is 12.8. The lowest BCUT2D eigenvalue weighted by molar-refractivity contribution is -0.139. The maximum Gasteiger partial charge on any atom is 0.419 e. The highest BCUT2D eigenvalue weighted by Crippen LogP contribution is 2.35. The van der Waals surface area contributed by atoms with Gasteiger partial charge in [-0.3, -0.25) is 4.79 Å². The Morgan fingerprint density at radius 1 is 1.25 bits per heavy atom. The van der Waals surface area contributed by atoms with Gasteiger partial charge in [0.25, 0.3) is 5.91 Å². The molecule has 4 nitrogen and oxygen atoms in total. The highest BCUT2D eigenvalue weighted by molar-refractivity contribution is 5.93. The number of carbonyl (C=O) groups excluding carboxylic acids is 1. The molecule has 0 saturated carbocycles. The molecule has 0 aliphatic carbocycles. The van der Waals surface area contributed by atoms with Crippen LogP contribution in [-0.4, -0.2) is 23.1 Å². The summed E-state index contributed by atoms with van der Waals surface area (Å²) in [4.78, 5) is 12.2. The monoisotopic (exact) mass is 340 g/mol. The number of hydrogen-bond donors (Lipinski definition) is 1. The first-order valence-electron chi connectivity index (χ1n) is 7.42. The van der Waals surface area contributed by atoms with Gasteiger partial charge in [0.1, 0.15) is 18.1 Å². The number of halogens is 3. The van der Waals surface area contributed by atoms with E-state index in [2.05, 4.69) is 5.32 Å². The summed E-state index contributed by atoms with van der Waals surface area (Å²) in [6.07, 6.45) is -4.48. The molecule has 2 rings (SSSR count). The third kappa shape index (κ3) is 4.10. The second kappa shape index (κ2) is 6.98. The molecule has 0 bridgehead atoms. The fourth-order valence-electron chi connectivity index (χ4n) is 2.22. The number of alkyl halides is 3. The second-order valence-electron chi connectivity index (χ2n) is 5.60. The number of benzene rings is 1. The SMILES string of the molecule is Cc1ccc(C(=O)NC(C)COc2ccccc2C(F)(F)F)n1C. The summed E-state index contributed by atoms with van der Waals surface area (Å²) in [5.74, 6) is -0.549. The first-order chi connectivity index (χ1) is 11.2. The molecule has 1 unspecified atom stereocenters. The topological polar surface area (TPSA) is 43.3 Å². The van der Waals surface area contributed by atoms with Crippen LogP contribution >= 0.6 is 0 Å². The molecule has 1 aromatic heterocycles. The van der Waals surface area contributed by atoms with Crippen LogP contribution in [0.1, 0.15) is 28.7 Å². The van der Waals surface area contributed by atoms with Gasteiger partial charge in [-0.25, -0.2) is 0 Å². The van der Waals surface area contributed by atoms with Gasteiger partial charge in [0, 0.05) is 12.7 Å². The molecule has 1 aromatic carbocycles. The molecule has 0 spiro atoms. The fraction of sp³-hybridized carbons (Fsp3) is 0.353. The van der Waals surface area contributed by atoms with Crippen molar-refractivity contribution in [3.63, 3.8) is 0 Å². The van der Waals surface area contributed by atoms with Gasteiger partial charge in [-0.05, 0) is 38.1 Å². The minimum Gasteiger partial charge on any atom is -0.491 e. The van der Waals surface area contributed by atoms with Gasteiger partial charge in [0.2, 0.25) is 0 Å². The van der Waals surface area contributed by atoms with Crippen molar-refractivity contribution in [1.82, 2.24) is 9.88 Å². The number of rotatable bonds is 5. The van der Waals surface area contributed by atoms with Crippen LogP contribution in [0.15, 0.2) is 36.4 Å². The van der Waals surface area contributed by atoms with Crippen LogP contribution in [0.4, 0.5) is 13.2 Å². The van der Waals surface area contributed by atoms with Crippen molar-refractivity contribution < 1.29 is 22.7 Å². The van der Waals surface area contributed by atoms with E-state index in [1.54, 1.807) is 24.6 Å². The zero-order valence-electron chi connectivity index (χ0n) is 13.6. The van der Waals surface area contributed by atoms with Crippen LogP contribution in [0.2, 0.25) is 0 Å². The first-order valence-corrected chi connectivity index (χ1v) is 7.42. The second-order valence-corrected chi connectivity index (χ2v) is 5.60. The summed E-state index contributed by atoms with van der Waals surface area (Å²) >= 11 is 0. The maximum atomic E-state index is 12.9. The number of carbonyl (C=O) groups is 1. The van der Waals surface area contributed by atoms with E-state index in [0.29, 0.717) is 5.69 Å². The molecule has 0 saturated heterocycles. The molecule has 0 aliphatic heterocycles. The van der Waals surface area contributed by atoms with Gasteiger partial charge in [-0.15, -0.1) is 0 Å². The number of amides is 1. The van der Waals surface area contributed by atoms with Crippen molar-refractivity contribution in [1.29, 1.82) is 0 Å². The fourth-order valence-corrected chi connectivity index (χ4v) is 2.22. The van der Waals surface area contributed by atoms with E-state index in [-0.39, 0.29) is 18.3 Å². The highest BCUT2D eigenvalue weighted by atomic mass is 19.4. The van der Waals surface area contributed by atoms with Crippen molar-refractivity contribution in [2.75, 3.05) is 6.61 Å². The van der Waals surface area contributed by atoms with Crippen LogP contribution in [0.3, 0.4) is 0 Å². The van der Waals surface area contributed by atoms with Crippen molar-refractivity contribution in [3.8, 4) is 5.75 Å². The Kier molecular flexibility index (Phi) is 5.21. The molecule has 0 aliphatic rings. The lowest BCUT2D eigenvalue weighted by Crippen LogP contribution is -2.37. The van der Waals surface area contributed by atoms with E-state index >= 15 is 0 Å². The van der Waals surface area contributed by atoms with E-state index in [1.165, 1.54) is 18.2 Å². The standard InChI is InChI=1S/C17H19F3N2O2/c1-11(21-16(23)14-9-8-12(2)22(14)3)10-24-15-7-5-4-6-13(15)17(18,19)20/h4-9,11H,10H2,1-3H3,(H,21,23). The molecular formula is C17H19F3N2O2. The van der Waals surface area contributed by atoms with Gasteiger partial charge in [-0.2, -0.15) is 13.2 Å². The van der Waals surface area contributed by atoms with Crippen LogP contribution in [0, 0.1) is 6.92 Å². The smallest absolute Gasteiger partial charge is 0.419 e. The van der Waals surface area contributed by atoms with Crippen LogP contribution in [0.25, 0.3) is 0 Å². The molecule has 2 aromatic rings.